The van der Waals surface area contributed by atoms with Crippen molar-refractivity contribution < 1.29 is 14.3 Å². The monoisotopic (exact) mass is 396 g/mol. The molecule has 3 heteroatoms. The molecule has 5 rings (SSSR count). The lowest BCUT2D eigenvalue weighted by atomic mass is 9.53. The molecule has 0 aromatic heterocycles. The van der Waals surface area contributed by atoms with E-state index in [0.29, 0.717) is 18.6 Å². The Morgan fingerprint density at radius 2 is 1.23 bits per heavy atom. The quantitative estimate of drug-likeness (QED) is 0.431. The number of rotatable bonds is 2. The van der Waals surface area contributed by atoms with Crippen molar-refractivity contribution in [1.29, 1.82) is 0 Å². The second kappa shape index (κ2) is 6.94. The van der Waals surface area contributed by atoms with Gasteiger partial charge in [0.2, 0.25) is 0 Å². The molecule has 2 aliphatic rings. The molecular formula is C27H24O3. The third-order valence-corrected chi connectivity index (χ3v) is 6.96. The first-order valence-corrected chi connectivity index (χ1v) is 10.5. The average Bonchev–Trinajstić information content (AvgIpc) is 3.03. The van der Waals surface area contributed by atoms with Gasteiger partial charge in [-0.1, -0.05) is 66.7 Å². The molecule has 1 aliphatic carbocycles. The van der Waals surface area contributed by atoms with Gasteiger partial charge in [0.1, 0.15) is 16.9 Å². The summed E-state index contributed by atoms with van der Waals surface area (Å²) in [7, 11) is 0. The first kappa shape index (κ1) is 18.8. The van der Waals surface area contributed by atoms with Crippen molar-refractivity contribution in [2.75, 3.05) is 0 Å². The van der Waals surface area contributed by atoms with Crippen LogP contribution in [0.3, 0.4) is 0 Å². The molecule has 0 radical (unpaired) electrons. The van der Waals surface area contributed by atoms with E-state index in [9.17, 15) is 9.59 Å². The van der Waals surface area contributed by atoms with Crippen LogP contribution in [0.15, 0.2) is 72.8 Å². The van der Waals surface area contributed by atoms with E-state index in [0.717, 1.165) is 27.8 Å². The van der Waals surface area contributed by atoms with Crippen molar-refractivity contribution in [2.24, 2.45) is 0 Å². The third-order valence-electron chi connectivity index (χ3n) is 6.96. The molecule has 3 nitrogen and oxygen atoms in total. The largest absolute Gasteiger partial charge is 0.426 e. The van der Waals surface area contributed by atoms with Gasteiger partial charge in [-0.25, -0.2) is 0 Å². The summed E-state index contributed by atoms with van der Waals surface area (Å²) < 4.78 is 5.87. The fourth-order valence-electron chi connectivity index (χ4n) is 5.62. The Morgan fingerprint density at radius 1 is 0.733 bits per heavy atom. The summed E-state index contributed by atoms with van der Waals surface area (Å²) >= 11 is 0. The highest BCUT2D eigenvalue weighted by Gasteiger charge is 2.62. The number of ketones is 1. The number of aryl methyl sites for hydroxylation is 2. The Hall–Kier alpha value is -3.20. The van der Waals surface area contributed by atoms with Gasteiger partial charge in [0.05, 0.1) is 0 Å². The molecule has 2 atom stereocenters. The minimum atomic E-state index is -0.914. The van der Waals surface area contributed by atoms with Gasteiger partial charge in [-0.3, -0.25) is 9.59 Å². The Balaban J connectivity index is 1.84. The molecule has 0 bridgehead atoms. The maximum Gasteiger partial charge on any atom is 0.323 e. The van der Waals surface area contributed by atoms with E-state index in [2.05, 4.69) is 38.1 Å². The normalized spacial score (nSPS) is 22.1. The van der Waals surface area contributed by atoms with Crippen molar-refractivity contribution in [2.45, 2.75) is 43.9 Å². The molecule has 30 heavy (non-hydrogen) atoms. The van der Waals surface area contributed by atoms with E-state index < -0.39 is 5.41 Å². The molecule has 1 aliphatic heterocycles. The molecule has 1 spiro atoms. The molecule has 1 heterocycles. The van der Waals surface area contributed by atoms with Crippen LogP contribution in [0.5, 0.6) is 5.75 Å². The second-order valence-corrected chi connectivity index (χ2v) is 8.52. The highest BCUT2D eigenvalue weighted by Crippen LogP contribution is 2.61. The topological polar surface area (TPSA) is 43.4 Å². The fourth-order valence-corrected chi connectivity index (χ4v) is 5.62. The minimum Gasteiger partial charge on any atom is -0.426 e. The molecule has 3 aromatic rings. The van der Waals surface area contributed by atoms with Crippen molar-refractivity contribution in [3.63, 3.8) is 0 Å². The molecule has 1 fully saturated rings. The van der Waals surface area contributed by atoms with Crippen LogP contribution in [0.1, 0.15) is 52.5 Å². The number of carbonyl (C=O) groups is 2. The number of Topliss-reactive ketones (excluding diaryl/α,β-unsaturated/α-hetero) is 1. The Bertz CT molecular complexity index is 1100. The molecule has 0 unspecified atom stereocenters. The molecule has 1 saturated carbocycles. The van der Waals surface area contributed by atoms with Crippen LogP contribution in [-0.4, -0.2) is 11.8 Å². The van der Waals surface area contributed by atoms with Crippen LogP contribution >= 0.6 is 0 Å². The Morgan fingerprint density at radius 3 is 1.80 bits per heavy atom. The molecule has 3 aromatic carbocycles. The first-order chi connectivity index (χ1) is 14.5. The maximum absolute atomic E-state index is 13.8. The van der Waals surface area contributed by atoms with Gasteiger partial charge in [-0.2, -0.15) is 0 Å². The van der Waals surface area contributed by atoms with Gasteiger partial charge in [0.25, 0.3) is 0 Å². The van der Waals surface area contributed by atoms with Crippen LogP contribution < -0.4 is 4.74 Å². The van der Waals surface area contributed by atoms with E-state index in [-0.39, 0.29) is 23.6 Å². The Labute approximate surface area is 176 Å². The van der Waals surface area contributed by atoms with Crippen molar-refractivity contribution >= 4 is 11.8 Å². The number of fused-ring (bicyclic) bond motifs is 2. The molecular weight excluding hydrogens is 372 g/mol. The lowest BCUT2D eigenvalue weighted by Gasteiger charge is -2.45. The second-order valence-electron chi connectivity index (χ2n) is 8.52. The van der Waals surface area contributed by atoms with Gasteiger partial charge >= 0.3 is 5.97 Å². The first-order valence-electron chi connectivity index (χ1n) is 10.5. The van der Waals surface area contributed by atoms with Crippen LogP contribution in [0.4, 0.5) is 0 Å². The lowest BCUT2D eigenvalue weighted by molar-refractivity contribution is -0.142. The molecule has 0 amide bonds. The van der Waals surface area contributed by atoms with E-state index in [4.69, 9.17) is 4.74 Å². The summed E-state index contributed by atoms with van der Waals surface area (Å²) in [5.74, 6) is 0.0486. The zero-order chi connectivity index (χ0) is 20.9. The predicted octanol–water partition coefficient (Wildman–Crippen LogP) is 5.39. The summed E-state index contributed by atoms with van der Waals surface area (Å²) in [6, 6.07) is 23.9. The SMILES string of the molecule is Cc1ccccc1[C@H]1CC(=O)C[C@H](c2ccccc2C)C12C(=O)Oc1ccccc12. The summed E-state index contributed by atoms with van der Waals surface area (Å²) in [5, 5.41) is 0. The van der Waals surface area contributed by atoms with Gasteiger partial charge in [-0.05, 0) is 42.2 Å². The predicted molar refractivity (Wildman–Crippen MR) is 116 cm³/mol. The van der Waals surface area contributed by atoms with Crippen LogP contribution in [0, 0.1) is 13.8 Å². The Kier molecular flexibility index (Phi) is 4.35. The van der Waals surface area contributed by atoms with Crippen molar-refractivity contribution in [3.05, 3.63) is 101 Å². The number of benzene rings is 3. The highest BCUT2D eigenvalue weighted by molar-refractivity contribution is 5.97. The summed E-state index contributed by atoms with van der Waals surface area (Å²) in [5.41, 5.74) is 4.29. The number of para-hydroxylation sites is 1. The maximum atomic E-state index is 13.8. The van der Waals surface area contributed by atoms with Crippen molar-refractivity contribution in [3.8, 4) is 5.75 Å². The van der Waals surface area contributed by atoms with E-state index in [1.807, 2.05) is 48.5 Å². The molecule has 0 saturated heterocycles. The standard InChI is InChI=1S/C27H24O3/c1-17-9-3-5-11-20(17)23-15-19(28)16-24(21-12-6-4-10-18(21)2)27(23)22-13-7-8-14-25(22)30-26(27)29/h3-14,23-24H,15-16H2,1-2H3/t23-,24-/m1/s1. The van der Waals surface area contributed by atoms with Crippen LogP contribution in [0.2, 0.25) is 0 Å². The van der Waals surface area contributed by atoms with E-state index in [1.165, 1.54) is 0 Å². The fraction of sp³-hybridized carbons (Fsp3) is 0.259. The van der Waals surface area contributed by atoms with Crippen molar-refractivity contribution in [1.82, 2.24) is 0 Å². The zero-order valence-corrected chi connectivity index (χ0v) is 17.2. The molecule has 0 N–H and O–H groups in total. The molecule has 150 valence electrons. The summed E-state index contributed by atoms with van der Waals surface area (Å²) in [4.78, 5) is 26.8. The zero-order valence-electron chi connectivity index (χ0n) is 17.2. The lowest BCUT2D eigenvalue weighted by Crippen LogP contribution is -2.50. The summed E-state index contributed by atoms with van der Waals surface area (Å²) in [6.45, 7) is 4.11. The van der Waals surface area contributed by atoms with Crippen LogP contribution in [0.25, 0.3) is 0 Å². The van der Waals surface area contributed by atoms with Gasteiger partial charge in [-0.15, -0.1) is 0 Å². The number of ether oxygens (including phenoxy) is 1. The summed E-state index contributed by atoms with van der Waals surface area (Å²) in [6.07, 6.45) is 0.688. The number of carbonyl (C=O) groups excluding carboxylic acids is 2. The number of hydrogen-bond donors (Lipinski definition) is 0. The average molecular weight is 396 g/mol. The smallest absolute Gasteiger partial charge is 0.323 e. The van der Waals surface area contributed by atoms with Gasteiger partial charge in [0.15, 0.2) is 0 Å². The highest BCUT2D eigenvalue weighted by atomic mass is 16.5. The van der Waals surface area contributed by atoms with Gasteiger partial charge < -0.3 is 4.74 Å². The number of hydrogen-bond acceptors (Lipinski definition) is 3. The van der Waals surface area contributed by atoms with E-state index in [1.54, 1.807) is 0 Å². The number of esters is 1. The van der Waals surface area contributed by atoms with Crippen LogP contribution in [-0.2, 0) is 15.0 Å². The van der Waals surface area contributed by atoms with E-state index >= 15 is 0 Å². The third kappa shape index (κ3) is 2.58. The van der Waals surface area contributed by atoms with Gasteiger partial charge in [0, 0.05) is 30.2 Å². The minimum absolute atomic E-state index is 0.194.